The molecule has 0 saturated carbocycles. The van der Waals surface area contributed by atoms with Crippen molar-refractivity contribution in [2.24, 2.45) is 5.92 Å². The van der Waals surface area contributed by atoms with Crippen molar-refractivity contribution in [1.29, 1.82) is 0 Å². The maximum Gasteiger partial charge on any atom is 0.303 e. The summed E-state index contributed by atoms with van der Waals surface area (Å²) >= 11 is 0. The number of unbranched alkanes of at least 4 members (excludes halogenated alkanes) is 11. The lowest BCUT2D eigenvalue weighted by atomic mass is 10.0. The van der Waals surface area contributed by atoms with Crippen LogP contribution in [0.3, 0.4) is 0 Å². The number of ether oxygens (including phenoxy) is 2. The van der Waals surface area contributed by atoms with Gasteiger partial charge in [0.15, 0.2) is 0 Å². The fourth-order valence-corrected chi connectivity index (χ4v) is 5.22. The van der Waals surface area contributed by atoms with Crippen LogP contribution in [0.25, 0.3) is 0 Å². The number of carbonyl (C=O) groups excluding carboxylic acids is 1. The summed E-state index contributed by atoms with van der Waals surface area (Å²) in [7, 11) is 1.79. The Morgan fingerprint density at radius 2 is 1.37 bits per heavy atom. The third kappa shape index (κ3) is 25.0. The number of hydrogen-bond donors (Lipinski definition) is 0. The van der Waals surface area contributed by atoms with Crippen LogP contribution in [0.15, 0.2) is 0 Å². The molecule has 0 aromatic heterocycles. The minimum absolute atomic E-state index is 0.0553. The van der Waals surface area contributed by atoms with Crippen LogP contribution < -0.4 is 4.89 Å². The van der Waals surface area contributed by atoms with Crippen molar-refractivity contribution < 1.29 is 32.7 Å². The highest BCUT2D eigenvalue weighted by atomic mass is 31.2. The summed E-state index contributed by atoms with van der Waals surface area (Å²) in [6.07, 6.45) is 16.4. The van der Waals surface area contributed by atoms with Crippen molar-refractivity contribution in [3.63, 3.8) is 0 Å². The van der Waals surface area contributed by atoms with Gasteiger partial charge in [-0.2, -0.15) is 0 Å². The molecule has 0 aromatic rings. The molecule has 0 saturated heterocycles. The number of carbonyl (C=O) groups is 1. The van der Waals surface area contributed by atoms with Crippen molar-refractivity contribution in [2.45, 2.75) is 110 Å². The Labute approximate surface area is 216 Å². The second kappa shape index (κ2) is 20.6. The molecule has 0 aliphatic carbocycles. The van der Waals surface area contributed by atoms with E-state index in [0.717, 1.165) is 6.42 Å². The molecule has 0 amide bonds. The monoisotopic (exact) mass is 521 g/mol. The quantitative estimate of drug-likeness (QED) is 0.0676. The first-order valence-corrected chi connectivity index (χ1v) is 15.7. The van der Waals surface area contributed by atoms with Gasteiger partial charge in [0.1, 0.15) is 13.7 Å². The summed E-state index contributed by atoms with van der Waals surface area (Å²) in [6, 6.07) is 0. The standard InChI is InChI=1S/C27H56NO6P/c1-7-8-9-10-11-12-13-14-15-16-17-18-19-25(2)22-32-23-27(34-26(3)29)24-33-35(30,31)21-20-28(4,5)6/h25,27H,7-24H2,1-6H3. The normalized spacial score (nSPS) is 15.5. The van der Waals surface area contributed by atoms with Crippen molar-refractivity contribution in [3.05, 3.63) is 0 Å². The molecule has 0 rings (SSSR count). The van der Waals surface area contributed by atoms with Crippen molar-refractivity contribution in [2.75, 3.05) is 53.7 Å². The Kier molecular flexibility index (Phi) is 20.3. The SMILES string of the molecule is CCCCCCCCCCCCCCC(C)COCC(COP(=O)([O-])CC[N+](C)(C)C)OC(C)=O. The maximum absolute atomic E-state index is 12.2. The summed E-state index contributed by atoms with van der Waals surface area (Å²) in [4.78, 5) is 23.5. The van der Waals surface area contributed by atoms with Gasteiger partial charge in [0, 0.05) is 13.5 Å². The van der Waals surface area contributed by atoms with E-state index in [1.807, 2.05) is 21.1 Å². The number of esters is 1. The van der Waals surface area contributed by atoms with Crippen molar-refractivity contribution >= 4 is 13.6 Å². The van der Waals surface area contributed by atoms with Crippen molar-refractivity contribution in [1.82, 2.24) is 0 Å². The van der Waals surface area contributed by atoms with E-state index in [0.29, 0.717) is 23.6 Å². The van der Waals surface area contributed by atoms with Crippen molar-refractivity contribution in [3.8, 4) is 0 Å². The first kappa shape index (κ1) is 34.5. The Morgan fingerprint density at radius 3 is 1.86 bits per heavy atom. The smallest absolute Gasteiger partial charge is 0.303 e. The van der Waals surface area contributed by atoms with Gasteiger partial charge >= 0.3 is 5.97 Å². The number of quaternary nitrogens is 1. The Hall–Kier alpha value is -0.460. The number of hydrogen-bond acceptors (Lipinski definition) is 6. The van der Waals surface area contributed by atoms with E-state index in [4.69, 9.17) is 14.0 Å². The van der Waals surface area contributed by atoms with Crippen LogP contribution in [0.4, 0.5) is 0 Å². The minimum atomic E-state index is -3.99. The molecule has 35 heavy (non-hydrogen) atoms. The van der Waals surface area contributed by atoms with Crippen LogP contribution in [0.5, 0.6) is 0 Å². The predicted molar refractivity (Wildman–Crippen MR) is 143 cm³/mol. The first-order chi connectivity index (χ1) is 16.4. The van der Waals surface area contributed by atoms with Gasteiger partial charge in [-0.15, -0.1) is 0 Å². The molecule has 3 atom stereocenters. The molecule has 8 heteroatoms. The van der Waals surface area contributed by atoms with Gasteiger partial charge in [0.25, 0.3) is 0 Å². The average Bonchev–Trinajstić information content (AvgIpc) is 2.76. The molecule has 3 unspecified atom stereocenters. The molecule has 0 heterocycles. The van der Waals surface area contributed by atoms with E-state index >= 15 is 0 Å². The molecule has 0 radical (unpaired) electrons. The molecular weight excluding hydrogens is 465 g/mol. The van der Waals surface area contributed by atoms with Crippen LogP contribution in [0.2, 0.25) is 0 Å². The average molecular weight is 522 g/mol. The summed E-state index contributed by atoms with van der Waals surface area (Å²) in [5.41, 5.74) is 0. The molecule has 0 aliphatic rings. The maximum atomic E-state index is 12.2. The number of rotatable bonds is 24. The topological polar surface area (TPSA) is 84.9 Å². The molecule has 0 N–H and O–H groups in total. The van der Waals surface area contributed by atoms with Gasteiger partial charge < -0.3 is 27.9 Å². The molecule has 0 aromatic carbocycles. The molecule has 7 nitrogen and oxygen atoms in total. The van der Waals surface area contributed by atoms with E-state index in [9.17, 15) is 14.3 Å². The van der Waals surface area contributed by atoms with E-state index in [-0.39, 0.29) is 19.4 Å². The lowest BCUT2D eigenvalue weighted by molar-refractivity contribution is -0.868. The van der Waals surface area contributed by atoms with Crippen LogP contribution in [-0.4, -0.2) is 70.2 Å². The van der Waals surface area contributed by atoms with Crippen LogP contribution in [0, 0.1) is 5.92 Å². The Bertz CT molecular complexity index is 566. The largest absolute Gasteiger partial charge is 0.778 e. The van der Waals surface area contributed by atoms with Gasteiger partial charge in [-0.25, -0.2) is 0 Å². The highest BCUT2D eigenvalue weighted by Gasteiger charge is 2.20. The molecule has 0 aliphatic heterocycles. The summed E-state index contributed by atoms with van der Waals surface area (Å²) in [5.74, 6) is -0.0639. The van der Waals surface area contributed by atoms with Crippen LogP contribution >= 0.6 is 7.60 Å². The highest BCUT2D eigenvalue weighted by Crippen LogP contribution is 2.37. The van der Waals surface area contributed by atoms with E-state index in [1.54, 1.807) is 0 Å². The lowest BCUT2D eigenvalue weighted by Gasteiger charge is -2.30. The van der Waals surface area contributed by atoms with E-state index in [1.165, 1.54) is 84.0 Å². The van der Waals surface area contributed by atoms with Crippen LogP contribution in [0.1, 0.15) is 104 Å². The third-order valence-electron chi connectivity index (χ3n) is 6.09. The second-order valence-corrected chi connectivity index (χ2v) is 13.1. The Balaban J connectivity index is 3.92. The summed E-state index contributed by atoms with van der Waals surface area (Å²) in [6.45, 7) is 6.67. The third-order valence-corrected chi connectivity index (χ3v) is 7.38. The van der Waals surface area contributed by atoms with E-state index < -0.39 is 19.7 Å². The zero-order valence-corrected chi connectivity index (χ0v) is 24.6. The fourth-order valence-electron chi connectivity index (χ4n) is 3.85. The fraction of sp³-hybridized carbons (Fsp3) is 0.963. The Morgan fingerprint density at radius 1 is 0.857 bits per heavy atom. The first-order valence-electron chi connectivity index (χ1n) is 13.9. The molecule has 0 spiro atoms. The van der Waals surface area contributed by atoms with Crippen LogP contribution in [-0.2, 0) is 23.4 Å². The van der Waals surface area contributed by atoms with E-state index in [2.05, 4.69) is 13.8 Å². The second-order valence-electron chi connectivity index (χ2n) is 11.2. The molecule has 0 bridgehead atoms. The zero-order chi connectivity index (χ0) is 26.6. The summed E-state index contributed by atoms with van der Waals surface area (Å²) < 4.78 is 28.8. The lowest BCUT2D eigenvalue weighted by Crippen LogP contribution is -2.38. The van der Waals surface area contributed by atoms with Gasteiger partial charge in [0.05, 0.1) is 47.1 Å². The summed E-state index contributed by atoms with van der Waals surface area (Å²) in [5, 5.41) is 0. The van der Waals surface area contributed by atoms with Gasteiger partial charge in [-0.1, -0.05) is 90.9 Å². The predicted octanol–water partition coefficient (Wildman–Crippen LogP) is 5.94. The minimum Gasteiger partial charge on any atom is -0.778 e. The van der Waals surface area contributed by atoms with Gasteiger partial charge in [0.2, 0.25) is 0 Å². The van der Waals surface area contributed by atoms with Gasteiger partial charge in [-0.05, 0) is 12.3 Å². The zero-order valence-electron chi connectivity index (χ0n) is 23.7. The number of nitrogens with zero attached hydrogens (tertiary/aromatic N) is 1. The highest BCUT2D eigenvalue weighted by molar-refractivity contribution is 7.51. The molecular formula is C27H56NO6P. The molecule has 210 valence electrons. The van der Waals surface area contributed by atoms with Gasteiger partial charge in [-0.3, -0.25) is 4.79 Å². The molecule has 0 fully saturated rings.